The lowest BCUT2D eigenvalue weighted by Gasteiger charge is -2.16. The molecule has 2 N–H and O–H groups in total. The average molecular weight is 380 g/mol. The molecule has 3 aromatic rings. The molecule has 0 saturated heterocycles. The fraction of sp³-hybridized carbons (Fsp3) is 0.286. The summed E-state index contributed by atoms with van der Waals surface area (Å²) in [5.74, 6) is 0.997. The van der Waals surface area contributed by atoms with Crippen LogP contribution in [0.3, 0.4) is 0 Å². The van der Waals surface area contributed by atoms with E-state index in [1.807, 2.05) is 42.5 Å². The van der Waals surface area contributed by atoms with Gasteiger partial charge in [0.1, 0.15) is 5.75 Å². The third-order valence-corrected chi connectivity index (χ3v) is 4.07. The normalized spacial score (nSPS) is 11.1. The minimum absolute atomic E-state index is 0.165. The number of rotatable bonds is 4. The second-order valence-corrected chi connectivity index (χ2v) is 6.94. The summed E-state index contributed by atoms with van der Waals surface area (Å²) in [7, 11) is 0. The van der Waals surface area contributed by atoms with Crippen LogP contribution in [0.5, 0.6) is 5.75 Å². The molecule has 0 fully saturated rings. The Morgan fingerprint density at radius 1 is 1.07 bits per heavy atom. The number of anilines is 1. The van der Waals surface area contributed by atoms with Crippen molar-refractivity contribution in [3.8, 4) is 5.75 Å². The highest BCUT2D eigenvalue weighted by Gasteiger charge is 2.20. The number of carbonyl (C=O) groups is 1. The fourth-order valence-corrected chi connectivity index (χ4v) is 2.85. The van der Waals surface area contributed by atoms with Crippen LogP contribution >= 0.6 is 0 Å². The molecule has 0 radical (unpaired) electrons. The molecule has 7 heteroatoms. The number of nitrogens with zero attached hydrogens (tertiary/aromatic N) is 2. The predicted molar refractivity (Wildman–Crippen MR) is 109 cm³/mol. The standard InChI is InChI=1S/C21H24N4O3/c1-13(2)15-9-5-8-12-18(15)28-19(22)25-17-11-7-6-10-16(17)23-20(25)24-21(26)27-14(3)4/h5-14,22H,1-4H3,(H,23,24,26). The number of benzene rings is 2. The number of ether oxygens (including phenoxy) is 2. The van der Waals surface area contributed by atoms with Crippen molar-refractivity contribution in [1.82, 2.24) is 9.55 Å². The van der Waals surface area contributed by atoms with Crippen molar-refractivity contribution in [3.05, 3.63) is 54.1 Å². The molecular formula is C21H24N4O3. The smallest absolute Gasteiger partial charge is 0.414 e. The third kappa shape index (κ3) is 4.14. The highest BCUT2D eigenvalue weighted by molar-refractivity contribution is 5.95. The maximum Gasteiger partial charge on any atom is 0.414 e. The first-order valence-corrected chi connectivity index (χ1v) is 9.17. The van der Waals surface area contributed by atoms with E-state index in [1.54, 1.807) is 19.9 Å². The summed E-state index contributed by atoms with van der Waals surface area (Å²) >= 11 is 0. The molecule has 28 heavy (non-hydrogen) atoms. The molecule has 0 unspecified atom stereocenters. The van der Waals surface area contributed by atoms with Crippen LogP contribution < -0.4 is 10.1 Å². The molecule has 0 aliphatic heterocycles. The Hall–Kier alpha value is -3.35. The number of hydrogen-bond donors (Lipinski definition) is 2. The molecule has 0 aliphatic rings. The van der Waals surface area contributed by atoms with Gasteiger partial charge in [-0.05, 0) is 43.5 Å². The monoisotopic (exact) mass is 380 g/mol. The Labute approximate surface area is 163 Å². The Morgan fingerprint density at radius 3 is 2.46 bits per heavy atom. The molecule has 3 rings (SSSR count). The molecule has 0 saturated carbocycles. The van der Waals surface area contributed by atoms with Crippen molar-refractivity contribution >= 4 is 29.1 Å². The van der Waals surface area contributed by atoms with Crippen molar-refractivity contribution in [1.29, 1.82) is 5.41 Å². The summed E-state index contributed by atoms with van der Waals surface area (Å²) in [4.78, 5) is 16.5. The van der Waals surface area contributed by atoms with Gasteiger partial charge >= 0.3 is 12.1 Å². The van der Waals surface area contributed by atoms with Crippen LogP contribution in [0.2, 0.25) is 0 Å². The van der Waals surface area contributed by atoms with Gasteiger partial charge < -0.3 is 9.47 Å². The first-order valence-electron chi connectivity index (χ1n) is 9.17. The summed E-state index contributed by atoms with van der Waals surface area (Å²) in [6.45, 7) is 7.65. The summed E-state index contributed by atoms with van der Waals surface area (Å²) in [5.41, 5.74) is 2.27. The van der Waals surface area contributed by atoms with E-state index in [9.17, 15) is 4.79 Å². The van der Waals surface area contributed by atoms with Crippen molar-refractivity contribution < 1.29 is 14.3 Å². The highest BCUT2D eigenvalue weighted by Crippen LogP contribution is 2.27. The van der Waals surface area contributed by atoms with Gasteiger partial charge in [-0.15, -0.1) is 0 Å². The van der Waals surface area contributed by atoms with Crippen LogP contribution in [-0.2, 0) is 4.74 Å². The molecule has 2 aromatic carbocycles. The quantitative estimate of drug-likeness (QED) is 0.493. The van der Waals surface area contributed by atoms with Crippen LogP contribution in [0.1, 0.15) is 39.2 Å². The topological polar surface area (TPSA) is 89.2 Å². The minimum Gasteiger partial charge on any atom is -0.447 e. The summed E-state index contributed by atoms with van der Waals surface area (Å²) < 4.78 is 12.5. The maximum atomic E-state index is 12.1. The second-order valence-electron chi connectivity index (χ2n) is 6.94. The second kappa shape index (κ2) is 8.12. The van der Waals surface area contributed by atoms with E-state index >= 15 is 0 Å². The molecule has 7 nitrogen and oxygen atoms in total. The number of hydrogen-bond acceptors (Lipinski definition) is 5. The zero-order chi connectivity index (χ0) is 20.3. The van der Waals surface area contributed by atoms with E-state index in [-0.39, 0.29) is 24.0 Å². The van der Waals surface area contributed by atoms with Crippen molar-refractivity contribution in [3.63, 3.8) is 0 Å². The number of para-hydroxylation sites is 3. The van der Waals surface area contributed by atoms with Crippen LogP contribution in [0, 0.1) is 5.41 Å². The summed E-state index contributed by atoms with van der Waals surface area (Å²) in [6, 6.07) is 14.7. The summed E-state index contributed by atoms with van der Waals surface area (Å²) in [5, 5.41) is 11.1. The largest absolute Gasteiger partial charge is 0.447 e. The molecule has 0 spiro atoms. The number of fused-ring (bicyclic) bond motifs is 1. The van der Waals surface area contributed by atoms with Crippen molar-refractivity contribution in [2.24, 2.45) is 0 Å². The van der Waals surface area contributed by atoms with Gasteiger partial charge in [-0.2, -0.15) is 0 Å². The first kappa shape index (κ1) is 19.4. The first-order chi connectivity index (χ1) is 13.4. The van der Waals surface area contributed by atoms with Crippen molar-refractivity contribution in [2.45, 2.75) is 39.7 Å². The third-order valence-electron chi connectivity index (χ3n) is 4.07. The Kier molecular flexibility index (Phi) is 5.63. The highest BCUT2D eigenvalue weighted by atomic mass is 16.6. The zero-order valence-corrected chi connectivity index (χ0v) is 16.4. The van der Waals surface area contributed by atoms with E-state index in [0.29, 0.717) is 16.8 Å². The molecule has 1 aromatic heterocycles. The minimum atomic E-state index is -0.637. The van der Waals surface area contributed by atoms with E-state index in [1.165, 1.54) is 4.57 Å². The molecule has 1 amide bonds. The van der Waals surface area contributed by atoms with Gasteiger partial charge in [0, 0.05) is 0 Å². The Bertz CT molecular complexity index is 1010. The van der Waals surface area contributed by atoms with Crippen LogP contribution in [0.25, 0.3) is 11.0 Å². The fourth-order valence-electron chi connectivity index (χ4n) is 2.85. The van der Waals surface area contributed by atoms with E-state index < -0.39 is 6.09 Å². The van der Waals surface area contributed by atoms with Crippen molar-refractivity contribution in [2.75, 3.05) is 5.32 Å². The molecular weight excluding hydrogens is 356 g/mol. The van der Waals surface area contributed by atoms with Gasteiger partial charge in [0.05, 0.1) is 17.1 Å². The molecule has 0 bridgehead atoms. The van der Waals surface area contributed by atoms with Gasteiger partial charge in [0.25, 0.3) is 0 Å². The molecule has 0 atom stereocenters. The van der Waals surface area contributed by atoms with E-state index in [4.69, 9.17) is 14.9 Å². The lowest BCUT2D eigenvalue weighted by Crippen LogP contribution is -2.25. The summed E-state index contributed by atoms with van der Waals surface area (Å²) in [6.07, 6.45) is -0.909. The number of imidazole rings is 1. The maximum absolute atomic E-state index is 12.1. The van der Waals surface area contributed by atoms with Gasteiger partial charge in [0.2, 0.25) is 5.95 Å². The number of aromatic nitrogens is 2. The zero-order valence-electron chi connectivity index (χ0n) is 16.4. The number of nitrogens with one attached hydrogen (secondary N) is 2. The molecule has 0 aliphatic carbocycles. The van der Waals surface area contributed by atoms with E-state index in [2.05, 4.69) is 24.1 Å². The lowest BCUT2D eigenvalue weighted by molar-refractivity contribution is 0.129. The van der Waals surface area contributed by atoms with Gasteiger partial charge in [-0.3, -0.25) is 10.7 Å². The van der Waals surface area contributed by atoms with Crippen LogP contribution in [0.4, 0.5) is 10.7 Å². The van der Waals surface area contributed by atoms with Crippen LogP contribution in [0.15, 0.2) is 48.5 Å². The van der Waals surface area contributed by atoms with Gasteiger partial charge in [-0.1, -0.05) is 44.2 Å². The molecule has 1 heterocycles. The number of carbonyl (C=O) groups excluding carboxylic acids is 1. The SMILES string of the molecule is CC(C)OC(=O)Nc1nc2ccccc2n1C(=N)Oc1ccccc1C(C)C. The van der Waals surface area contributed by atoms with Gasteiger partial charge in [0.15, 0.2) is 0 Å². The predicted octanol–water partition coefficient (Wildman–Crippen LogP) is 4.98. The van der Waals surface area contributed by atoms with E-state index in [0.717, 1.165) is 5.56 Å². The Balaban J connectivity index is 1.98. The Morgan fingerprint density at radius 2 is 1.75 bits per heavy atom. The lowest BCUT2D eigenvalue weighted by atomic mass is 10.0. The average Bonchev–Trinajstić information content (AvgIpc) is 2.98. The van der Waals surface area contributed by atoms with Gasteiger partial charge in [-0.25, -0.2) is 14.3 Å². The molecule has 146 valence electrons. The van der Waals surface area contributed by atoms with Crippen LogP contribution in [-0.4, -0.2) is 27.8 Å². The number of amides is 1.